The van der Waals surface area contributed by atoms with Crippen LogP contribution in [0.5, 0.6) is 11.5 Å². The third-order valence-corrected chi connectivity index (χ3v) is 8.52. The third kappa shape index (κ3) is 6.76. The summed E-state index contributed by atoms with van der Waals surface area (Å²) in [5, 5.41) is 13.9. The fourth-order valence-corrected chi connectivity index (χ4v) is 6.18. The first-order valence-corrected chi connectivity index (χ1v) is 15.1. The largest absolute Gasteiger partial charge is 0.493 e. The maximum Gasteiger partial charge on any atom is 0.228 e. The highest BCUT2D eigenvalue weighted by Crippen LogP contribution is 2.41. The van der Waals surface area contributed by atoms with E-state index in [-0.39, 0.29) is 17.4 Å². The summed E-state index contributed by atoms with van der Waals surface area (Å²) in [4.78, 5) is 21.2. The Morgan fingerprint density at radius 2 is 1.62 bits per heavy atom. The van der Waals surface area contributed by atoms with Crippen molar-refractivity contribution in [2.75, 3.05) is 60.0 Å². The minimum atomic E-state index is -0.345. The molecule has 1 aromatic heterocycles. The Kier molecular flexibility index (Phi) is 9.43. The van der Waals surface area contributed by atoms with Crippen LogP contribution in [-0.2, 0) is 11.3 Å². The van der Waals surface area contributed by atoms with Gasteiger partial charge in [-0.1, -0.05) is 63.2 Å². The predicted molar refractivity (Wildman–Crippen MR) is 162 cm³/mol. The average Bonchev–Trinajstić information content (AvgIpc) is 3.48. The number of para-hydroxylation sites is 1. The van der Waals surface area contributed by atoms with Crippen LogP contribution in [0, 0.1) is 5.41 Å². The zero-order valence-corrected chi connectivity index (χ0v) is 25.7. The summed E-state index contributed by atoms with van der Waals surface area (Å²) in [7, 11) is 3.34. The van der Waals surface area contributed by atoms with Crippen LogP contribution in [0.1, 0.15) is 62.5 Å². The minimum absolute atomic E-state index is 0.201. The lowest BCUT2D eigenvalue weighted by Gasteiger charge is -2.37. The molecule has 10 heteroatoms. The number of hydrogen-bond acceptors (Lipinski definition) is 8. The molecule has 1 amide bonds. The third-order valence-electron chi connectivity index (χ3n) is 8.52. The van der Waals surface area contributed by atoms with Crippen LogP contribution in [0.25, 0.3) is 0 Å². The lowest BCUT2D eigenvalue weighted by molar-refractivity contribution is -0.141. The SMILES string of the molecule is COc1cccc(C(c2nnn(CCN3CCN(C(=O)C(C)(C)C)CC3)n2)N2CCC(c3ccccc3)CC2)c1OC. The number of piperazine rings is 1. The first kappa shape index (κ1) is 30.0. The van der Waals surface area contributed by atoms with Crippen molar-refractivity contribution in [3.63, 3.8) is 0 Å². The van der Waals surface area contributed by atoms with Crippen LogP contribution in [0.3, 0.4) is 0 Å². The topological polar surface area (TPSA) is 88.9 Å². The van der Waals surface area contributed by atoms with Crippen molar-refractivity contribution in [3.05, 3.63) is 65.5 Å². The molecule has 0 N–H and O–H groups in total. The number of amides is 1. The second kappa shape index (κ2) is 13.2. The predicted octanol–water partition coefficient (Wildman–Crippen LogP) is 3.85. The zero-order chi connectivity index (χ0) is 29.7. The van der Waals surface area contributed by atoms with E-state index in [0.717, 1.165) is 64.2 Å². The second-order valence-electron chi connectivity index (χ2n) is 12.3. The number of aromatic nitrogens is 4. The van der Waals surface area contributed by atoms with Crippen molar-refractivity contribution in [3.8, 4) is 11.5 Å². The van der Waals surface area contributed by atoms with E-state index in [4.69, 9.17) is 14.6 Å². The molecular formula is C32H45N7O3. The average molecular weight is 576 g/mol. The number of benzene rings is 2. The van der Waals surface area contributed by atoms with E-state index in [2.05, 4.69) is 56.5 Å². The Bertz CT molecular complexity index is 1310. The van der Waals surface area contributed by atoms with Crippen LogP contribution in [0.15, 0.2) is 48.5 Å². The van der Waals surface area contributed by atoms with Gasteiger partial charge in [0.1, 0.15) is 6.04 Å². The van der Waals surface area contributed by atoms with E-state index in [1.807, 2.05) is 37.8 Å². The van der Waals surface area contributed by atoms with Gasteiger partial charge in [-0.2, -0.15) is 4.80 Å². The van der Waals surface area contributed by atoms with Gasteiger partial charge in [0.25, 0.3) is 0 Å². The number of hydrogen-bond donors (Lipinski definition) is 0. The van der Waals surface area contributed by atoms with Crippen molar-refractivity contribution >= 4 is 5.91 Å². The summed E-state index contributed by atoms with van der Waals surface area (Å²) < 4.78 is 11.5. The number of carbonyl (C=O) groups excluding carboxylic acids is 1. The molecule has 2 aliphatic heterocycles. The molecule has 10 nitrogen and oxygen atoms in total. The highest BCUT2D eigenvalue weighted by atomic mass is 16.5. The Labute approximate surface area is 249 Å². The number of tetrazole rings is 1. The number of likely N-dealkylation sites (tertiary alicyclic amines) is 1. The summed E-state index contributed by atoms with van der Waals surface area (Å²) in [5.74, 6) is 2.82. The van der Waals surface area contributed by atoms with Crippen LogP contribution in [0.2, 0.25) is 0 Å². The van der Waals surface area contributed by atoms with Crippen molar-refractivity contribution in [1.29, 1.82) is 0 Å². The molecule has 0 saturated carbocycles. The molecule has 2 fully saturated rings. The fourth-order valence-electron chi connectivity index (χ4n) is 6.18. The molecule has 1 atom stereocenters. The molecule has 0 radical (unpaired) electrons. The monoisotopic (exact) mass is 575 g/mol. The molecule has 0 spiro atoms. The molecule has 3 aromatic rings. The quantitative estimate of drug-likeness (QED) is 0.380. The van der Waals surface area contributed by atoms with Crippen LogP contribution in [-0.4, -0.2) is 101 Å². The number of ether oxygens (including phenoxy) is 2. The number of carbonyl (C=O) groups is 1. The second-order valence-corrected chi connectivity index (χ2v) is 12.3. The summed E-state index contributed by atoms with van der Waals surface area (Å²) >= 11 is 0. The molecule has 5 rings (SSSR count). The maximum atomic E-state index is 12.7. The lowest BCUT2D eigenvalue weighted by Crippen LogP contribution is -2.52. The van der Waals surface area contributed by atoms with Crippen LogP contribution >= 0.6 is 0 Å². The Hall–Kier alpha value is -3.50. The van der Waals surface area contributed by atoms with Gasteiger partial charge < -0.3 is 14.4 Å². The van der Waals surface area contributed by atoms with Gasteiger partial charge in [-0.15, -0.1) is 10.2 Å². The van der Waals surface area contributed by atoms with Crippen LogP contribution in [0.4, 0.5) is 0 Å². The molecule has 0 aliphatic carbocycles. The smallest absolute Gasteiger partial charge is 0.228 e. The van der Waals surface area contributed by atoms with Gasteiger partial charge >= 0.3 is 0 Å². The van der Waals surface area contributed by atoms with Crippen LogP contribution < -0.4 is 9.47 Å². The van der Waals surface area contributed by atoms with E-state index in [0.29, 0.717) is 29.8 Å². The van der Waals surface area contributed by atoms with Crippen molar-refractivity contribution in [1.82, 2.24) is 34.9 Å². The summed E-state index contributed by atoms with van der Waals surface area (Å²) in [5.41, 5.74) is 2.04. The van der Waals surface area contributed by atoms with Gasteiger partial charge in [-0.05, 0) is 48.7 Å². The first-order chi connectivity index (χ1) is 20.3. The number of rotatable bonds is 9. The van der Waals surface area contributed by atoms with Gasteiger partial charge in [-0.3, -0.25) is 14.6 Å². The Morgan fingerprint density at radius 3 is 2.26 bits per heavy atom. The number of nitrogens with zero attached hydrogens (tertiary/aromatic N) is 7. The van der Waals surface area contributed by atoms with Gasteiger partial charge in [0, 0.05) is 43.7 Å². The lowest BCUT2D eigenvalue weighted by atomic mass is 9.88. The molecule has 2 aromatic carbocycles. The standard InChI is InChI=1S/C32H45N7O3/c1-32(2,3)31(40)38-21-18-36(19-22-38)20-23-39-34-30(33-35-39)28(26-12-9-13-27(41-4)29(26)42-5)37-16-14-25(15-17-37)24-10-7-6-8-11-24/h6-13,25,28H,14-23H2,1-5H3. The first-order valence-electron chi connectivity index (χ1n) is 15.1. The van der Waals surface area contributed by atoms with E-state index in [1.54, 1.807) is 19.0 Å². The van der Waals surface area contributed by atoms with E-state index in [1.165, 1.54) is 5.56 Å². The summed E-state index contributed by atoms with van der Waals surface area (Å²) in [6, 6.07) is 16.6. The van der Waals surface area contributed by atoms with Gasteiger partial charge in [0.2, 0.25) is 5.91 Å². The molecule has 42 heavy (non-hydrogen) atoms. The Balaban J connectivity index is 1.29. The summed E-state index contributed by atoms with van der Waals surface area (Å²) in [6.45, 7) is 12.4. The van der Waals surface area contributed by atoms with Crippen molar-refractivity contribution < 1.29 is 14.3 Å². The highest BCUT2D eigenvalue weighted by molar-refractivity contribution is 5.81. The van der Waals surface area contributed by atoms with Gasteiger partial charge in [0.15, 0.2) is 17.3 Å². The van der Waals surface area contributed by atoms with Crippen molar-refractivity contribution in [2.45, 2.75) is 52.1 Å². The Morgan fingerprint density at radius 1 is 0.905 bits per heavy atom. The van der Waals surface area contributed by atoms with E-state index in [9.17, 15) is 4.79 Å². The molecule has 1 unspecified atom stereocenters. The normalized spacial score (nSPS) is 18.2. The maximum absolute atomic E-state index is 12.7. The molecular weight excluding hydrogens is 530 g/mol. The number of methoxy groups -OCH3 is 2. The van der Waals surface area contributed by atoms with Gasteiger partial charge in [-0.25, -0.2) is 0 Å². The fraction of sp³-hybridized carbons (Fsp3) is 0.562. The van der Waals surface area contributed by atoms with Gasteiger partial charge in [0.05, 0.1) is 20.8 Å². The number of piperidine rings is 1. The molecule has 0 bridgehead atoms. The highest BCUT2D eigenvalue weighted by Gasteiger charge is 2.34. The molecule has 2 aliphatic rings. The van der Waals surface area contributed by atoms with Crippen molar-refractivity contribution in [2.24, 2.45) is 5.41 Å². The summed E-state index contributed by atoms with van der Waals surface area (Å²) in [6.07, 6.45) is 2.12. The zero-order valence-electron chi connectivity index (χ0n) is 25.7. The molecule has 3 heterocycles. The molecule has 2 saturated heterocycles. The molecule has 226 valence electrons. The van der Waals surface area contributed by atoms with E-state index >= 15 is 0 Å². The minimum Gasteiger partial charge on any atom is -0.493 e. The van der Waals surface area contributed by atoms with E-state index < -0.39 is 0 Å².